The molecule has 11 nitrogen and oxygen atoms in total. The third-order valence-corrected chi connectivity index (χ3v) is 5.78. The molecule has 0 saturated carbocycles. The molecule has 2 heterocycles. The Morgan fingerprint density at radius 3 is 2.30 bits per heavy atom. The largest absolute Gasteiger partial charge is 0.493 e. The molecule has 33 heavy (non-hydrogen) atoms. The number of aliphatic hydroxyl groups excluding tert-OH is 6. The molecule has 0 aliphatic carbocycles. The fourth-order valence-corrected chi connectivity index (χ4v) is 3.80. The number of hydrogen-bond acceptors (Lipinski definition) is 11. The molecule has 0 radical (unpaired) electrons. The van der Waals surface area contributed by atoms with Gasteiger partial charge in [-0.15, -0.1) is 6.58 Å². The summed E-state index contributed by atoms with van der Waals surface area (Å²) in [5.41, 5.74) is 0.913. The molecule has 6 N–H and O–H groups in total. The second-order valence-corrected chi connectivity index (χ2v) is 8.08. The lowest BCUT2D eigenvalue weighted by atomic mass is 9.97. The molecule has 0 amide bonds. The van der Waals surface area contributed by atoms with E-state index in [1.807, 2.05) is 0 Å². The predicted molar refractivity (Wildman–Crippen MR) is 113 cm³/mol. The molecule has 2 aliphatic rings. The highest BCUT2D eigenvalue weighted by Crippen LogP contribution is 2.34. The minimum atomic E-state index is -1.65. The van der Waals surface area contributed by atoms with Crippen LogP contribution in [0.15, 0.2) is 30.9 Å². The van der Waals surface area contributed by atoms with Crippen molar-refractivity contribution < 1.29 is 54.3 Å². The fraction of sp³-hybridized carbons (Fsp3) is 0.636. The first-order valence-electron chi connectivity index (χ1n) is 10.6. The van der Waals surface area contributed by atoms with Gasteiger partial charge in [-0.3, -0.25) is 0 Å². The second kappa shape index (κ2) is 11.1. The summed E-state index contributed by atoms with van der Waals surface area (Å²) >= 11 is 0. The lowest BCUT2D eigenvalue weighted by Crippen LogP contribution is -2.64. The maximum atomic E-state index is 10.7. The van der Waals surface area contributed by atoms with E-state index in [2.05, 4.69) is 6.58 Å². The molecule has 1 aromatic carbocycles. The van der Waals surface area contributed by atoms with Crippen LogP contribution in [0.2, 0.25) is 0 Å². The zero-order valence-corrected chi connectivity index (χ0v) is 18.4. The minimum Gasteiger partial charge on any atom is -0.493 e. The first kappa shape index (κ1) is 25.8. The highest BCUT2D eigenvalue weighted by atomic mass is 16.8. The highest BCUT2D eigenvalue weighted by Gasteiger charge is 2.51. The Labute approximate surface area is 191 Å². The minimum absolute atomic E-state index is 0.234. The van der Waals surface area contributed by atoms with Gasteiger partial charge in [-0.25, -0.2) is 0 Å². The van der Waals surface area contributed by atoms with Crippen molar-refractivity contribution in [2.75, 3.05) is 13.7 Å². The smallest absolute Gasteiger partial charge is 0.229 e. The second-order valence-electron chi connectivity index (χ2n) is 8.08. The molecule has 0 spiro atoms. The van der Waals surface area contributed by atoms with Gasteiger partial charge in [-0.1, -0.05) is 12.1 Å². The molecule has 3 rings (SSSR count). The van der Waals surface area contributed by atoms with Crippen LogP contribution in [-0.4, -0.2) is 106 Å². The molecule has 186 valence electrons. The van der Waals surface area contributed by atoms with E-state index < -0.39 is 68.0 Å². The summed E-state index contributed by atoms with van der Waals surface area (Å²) in [7, 11) is 1.45. The Morgan fingerprint density at radius 2 is 1.67 bits per heavy atom. The zero-order valence-electron chi connectivity index (χ0n) is 18.4. The number of rotatable bonds is 8. The Hall–Kier alpha value is -1.80. The SMILES string of the molecule is C=CCc1ccc(O[C@@H]2O[C@H](CO)[C@@H](O)[C@H](O)[C@H]2O[C@@H]2O[C@@H](C)[C@H](O)[C@@H](O)[C@H]2O)c(OC)c1. The average molecular weight is 472 g/mol. The standard InChI is InChI=1S/C22H32O11/c1-4-5-11-6-7-12(13(8-11)29-3)31-22-20(18(27)16(25)14(9-23)32-22)33-21-19(28)17(26)15(24)10(2)30-21/h4,6-8,10,14-28H,1,5,9H2,2-3H3/t10-,14+,15-,16+,17+,18-,19+,20+,21-,22+/m0/s1. The highest BCUT2D eigenvalue weighted by molar-refractivity contribution is 5.43. The average Bonchev–Trinajstić information content (AvgIpc) is 2.81. The number of hydrogen-bond donors (Lipinski definition) is 6. The molecule has 1 aromatic rings. The van der Waals surface area contributed by atoms with Crippen molar-refractivity contribution in [2.45, 2.75) is 74.8 Å². The number of allylic oxidation sites excluding steroid dienone is 1. The van der Waals surface area contributed by atoms with Crippen molar-refractivity contribution in [3.05, 3.63) is 36.4 Å². The van der Waals surface area contributed by atoms with Crippen LogP contribution in [-0.2, 0) is 20.6 Å². The van der Waals surface area contributed by atoms with Crippen LogP contribution in [0.4, 0.5) is 0 Å². The van der Waals surface area contributed by atoms with Crippen LogP contribution in [0.25, 0.3) is 0 Å². The molecule has 11 heteroatoms. The van der Waals surface area contributed by atoms with Gasteiger partial charge in [-0.05, 0) is 31.0 Å². The first-order valence-corrected chi connectivity index (χ1v) is 10.6. The van der Waals surface area contributed by atoms with Crippen molar-refractivity contribution in [3.63, 3.8) is 0 Å². The van der Waals surface area contributed by atoms with Crippen LogP contribution in [0, 0.1) is 0 Å². The molecule has 0 bridgehead atoms. The summed E-state index contributed by atoms with van der Waals surface area (Å²) in [4.78, 5) is 0. The van der Waals surface area contributed by atoms with Gasteiger partial charge in [0, 0.05) is 0 Å². The Bertz CT molecular complexity index is 790. The van der Waals surface area contributed by atoms with Crippen molar-refractivity contribution in [3.8, 4) is 11.5 Å². The summed E-state index contributed by atoms with van der Waals surface area (Å²) in [6.45, 7) is 4.57. The molecular weight excluding hydrogens is 440 g/mol. The Kier molecular flexibility index (Phi) is 8.67. The Morgan fingerprint density at radius 1 is 0.939 bits per heavy atom. The third kappa shape index (κ3) is 5.48. The quantitative estimate of drug-likeness (QED) is 0.243. The normalized spacial score (nSPS) is 39.2. The van der Waals surface area contributed by atoms with Crippen LogP contribution >= 0.6 is 0 Å². The van der Waals surface area contributed by atoms with E-state index in [0.717, 1.165) is 5.56 Å². The van der Waals surface area contributed by atoms with Crippen LogP contribution in [0.3, 0.4) is 0 Å². The summed E-state index contributed by atoms with van der Waals surface area (Å²) in [5, 5.41) is 60.8. The summed E-state index contributed by atoms with van der Waals surface area (Å²) in [6.07, 6.45) is -11.7. The zero-order chi connectivity index (χ0) is 24.3. The van der Waals surface area contributed by atoms with Gasteiger partial charge in [0.2, 0.25) is 6.29 Å². The molecule has 2 aliphatic heterocycles. The van der Waals surface area contributed by atoms with E-state index in [1.165, 1.54) is 14.0 Å². The number of benzene rings is 1. The van der Waals surface area contributed by atoms with Gasteiger partial charge in [0.05, 0.1) is 19.8 Å². The van der Waals surface area contributed by atoms with Gasteiger partial charge >= 0.3 is 0 Å². The summed E-state index contributed by atoms with van der Waals surface area (Å²) < 4.78 is 28.0. The van der Waals surface area contributed by atoms with Crippen molar-refractivity contribution in [1.82, 2.24) is 0 Å². The van der Waals surface area contributed by atoms with E-state index in [1.54, 1.807) is 24.3 Å². The number of aliphatic hydroxyl groups is 6. The molecule has 0 unspecified atom stereocenters. The maximum absolute atomic E-state index is 10.7. The van der Waals surface area contributed by atoms with Crippen molar-refractivity contribution >= 4 is 0 Å². The summed E-state index contributed by atoms with van der Waals surface area (Å²) in [5.74, 6) is 0.595. The summed E-state index contributed by atoms with van der Waals surface area (Å²) in [6, 6.07) is 5.13. The van der Waals surface area contributed by atoms with E-state index in [-0.39, 0.29) is 5.75 Å². The first-order chi connectivity index (χ1) is 15.7. The lowest BCUT2D eigenvalue weighted by Gasteiger charge is -2.45. The monoisotopic (exact) mass is 472 g/mol. The maximum Gasteiger partial charge on any atom is 0.229 e. The molecule has 10 atom stereocenters. The predicted octanol–water partition coefficient (Wildman–Crippen LogP) is -1.55. The van der Waals surface area contributed by atoms with E-state index in [0.29, 0.717) is 12.2 Å². The van der Waals surface area contributed by atoms with E-state index in [9.17, 15) is 30.6 Å². The van der Waals surface area contributed by atoms with Crippen LogP contribution < -0.4 is 9.47 Å². The number of methoxy groups -OCH3 is 1. The molecule has 0 aromatic heterocycles. The topological polar surface area (TPSA) is 168 Å². The number of ether oxygens (including phenoxy) is 5. The van der Waals surface area contributed by atoms with Crippen LogP contribution in [0.1, 0.15) is 12.5 Å². The van der Waals surface area contributed by atoms with Gasteiger partial charge in [0.1, 0.15) is 36.6 Å². The van der Waals surface area contributed by atoms with Gasteiger partial charge in [0.15, 0.2) is 23.9 Å². The Balaban J connectivity index is 1.86. The third-order valence-electron chi connectivity index (χ3n) is 5.78. The van der Waals surface area contributed by atoms with Crippen molar-refractivity contribution in [1.29, 1.82) is 0 Å². The van der Waals surface area contributed by atoms with Gasteiger partial charge in [0.25, 0.3) is 0 Å². The molecule has 2 fully saturated rings. The molecule has 2 saturated heterocycles. The van der Waals surface area contributed by atoms with E-state index >= 15 is 0 Å². The van der Waals surface area contributed by atoms with E-state index in [4.69, 9.17) is 23.7 Å². The van der Waals surface area contributed by atoms with Gasteiger partial charge < -0.3 is 54.3 Å². The van der Waals surface area contributed by atoms with Gasteiger partial charge in [-0.2, -0.15) is 0 Å². The van der Waals surface area contributed by atoms with Crippen LogP contribution in [0.5, 0.6) is 11.5 Å². The van der Waals surface area contributed by atoms with Crippen molar-refractivity contribution in [2.24, 2.45) is 0 Å². The fourth-order valence-electron chi connectivity index (χ4n) is 3.80. The molecular formula is C22H32O11. The lowest BCUT2D eigenvalue weighted by molar-refractivity contribution is -0.354.